The Morgan fingerprint density at radius 1 is 1.08 bits per heavy atom. The molecular formula is C20H24FNO3. The summed E-state index contributed by atoms with van der Waals surface area (Å²) in [6.07, 6.45) is 7.69. The highest BCUT2D eigenvalue weighted by Gasteiger charge is 2.51. The number of nitrogens with one attached hydrogen (secondary N) is 1. The van der Waals surface area contributed by atoms with E-state index in [2.05, 4.69) is 5.32 Å². The van der Waals surface area contributed by atoms with Crippen LogP contribution in [0.5, 0.6) is 0 Å². The number of carbonyl (C=O) groups is 2. The molecule has 4 nitrogen and oxygen atoms in total. The first-order valence-electron chi connectivity index (χ1n) is 9.20. The number of hydrogen-bond donors (Lipinski definition) is 2. The van der Waals surface area contributed by atoms with Crippen molar-refractivity contribution >= 4 is 11.9 Å². The molecule has 2 N–H and O–H groups in total. The molecular weight excluding hydrogens is 321 g/mol. The second kappa shape index (κ2) is 6.11. The van der Waals surface area contributed by atoms with E-state index in [1.807, 2.05) is 0 Å². The maximum absolute atomic E-state index is 13.1. The van der Waals surface area contributed by atoms with E-state index >= 15 is 0 Å². The van der Waals surface area contributed by atoms with Crippen molar-refractivity contribution in [3.05, 3.63) is 35.6 Å². The number of carboxylic acid groups (broad SMARTS) is 1. The van der Waals surface area contributed by atoms with E-state index in [0.717, 1.165) is 37.0 Å². The van der Waals surface area contributed by atoms with Crippen LogP contribution in [0.1, 0.15) is 56.6 Å². The average Bonchev–Trinajstić information content (AvgIpc) is 2.51. The lowest BCUT2D eigenvalue weighted by Crippen LogP contribution is -2.48. The first-order valence-corrected chi connectivity index (χ1v) is 9.20. The van der Waals surface area contributed by atoms with Crippen molar-refractivity contribution in [2.75, 3.05) is 0 Å². The highest BCUT2D eigenvalue weighted by molar-refractivity contribution is 5.84. The van der Waals surface area contributed by atoms with E-state index < -0.39 is 17.8 Å². The molecule has 5 rings (SSSR count). The third kappa shape index (κ3) is 3.29. The Bertz CT molecular complexity index is 649. The molecule has 0 radical (unpaired) electrons. The summed E-state index contributed by atoms with van der Waals surface area (Å²) in [6.45, 7) is 0. The molecule has 4 saturated carbocycles. The lowest BCUT2D eigenvalue weighted by Gasteiger charge is -2.56. The van der Waals surface area contributed by atoms with Crippen molar-refractivity contribution in [1.82, 2.24) is 5.32 Å². The van der Waals surface area contributed by atoms with Crippen LogP contribution in [-0.4, -0.2) is 17.0 Å². The molecule has 0 saturated heterocycles. The molecule has 134 valence electrons. The van der Waals surface area contributed by atoms with Crippen LogP contribution in [0.4, 0.5) is 4.39 Å². The van der Waals surface area contributed by atoms with E-state index in [1.54, 1.807) is 0 Å². The molecule has 0 aromatic heterocycles. The highest BCUT2D eigenvalue weighted by atomic mass is 19.1. The summed E-state index contributed by atoms with van der Waals surface area (Å²) >= 11 is 0. The zero-order chi connectivity index (χ0) is 17.6. The van der Waals surface area contributed by atoms with Gasteiger partial charge in [0, 0.05) is 6.42 Å². The maximum Gasteiger partial charge on any atom is 0.330 e. The molecule has 1 aromatic rings. The van der Waals surface area contributed by atoms with Crippen LogP contribution in [0.15, 0.2) is 24.3 Å². The first kappa shape index (κ1) is 16.6. The van der Waals surface area contributed by atoms with Gasteiger partial charge in [0.25, 0.3) is 0 Å². The molecule has 1 amide bonds. The summed E-state index contributed by atoms with van der Waals surface area (Å²) in [5.74, 6) is 0.529. The minimum atomic E-state index is -1.12. The van der Waals surface area contributed by atoms with Crippen LogP contribution in [0.3, 0.4) is 0 Å². The Balaban J connectivity index is 1.45. The van der Waals surface area contributed by atoms with Crippen LogP contribution in [-0.2, 0) is 9.59 Å². The molecule has 4 aliphatic rings. The molecule has 1 atom stereocenters. The minimum Gasteiger partial charge on any atom is -0.479 e. The zero-order valence-electron chi connectivity index (χ0n) is 14.2. The minimum absolute atomic E-state index is 0.0741. The second-order valence-corrected chi connectivity index (χ2v) is 8.48. The van der Waals surface area contributed by atoms with Crippen molar-refractivity contribution in [3.8, 4) is 0 Å². The second-order valence-electron chi connectivity index (χ2n) is 8.48. The number of hydrogen-bond acceptors (Lipinski definition) is 2. The van der Waals surface area contributed by atoms with Gasteiger partial charge in [0.1, 0.15) is 5.82 Å². The Morgan fingerprint density at radius 2 is 1.60 bits per heavy atom. The molecule has 25 heavy (non-hydrogen) atoms. The molecule has 0 spiro atoms. The van der Waals surface area contributed by atoms with Crippen LogP contribution >= 0.6 is 0 Å². The first-order chi connectivity index (χ1) is 11.9. The maximum atomic E-state index is 13.1. The van der Waals surface area contributed by atoms with Crippen molar-refractivity contribution in [3.63, 3.8) is 0 Å². The largest absolute Gasteiger partial charge is 0.479 e. The fraction of sp³-hybridized carbons (Fsp3) is 0.600. The van der Waals surface area contributed by atoms with Gasteiger partial charge in [-0.3, -0.25) is 4.79 Å². The van der Waals surface area contributed by atoms with Gasteiger partial charge >= 0.3 is 5.97 Å². The molecule has 1 aromatic carbocycles. The summed E-state index contributed by atoms with van der Waals surface area (Å²) in [5.41, 5.74) is 0.470. The summed E-state index contributed by atoms with van der Waals surface area (Å²) in [6, 6.07) is 4.15. The van der Waals surface area contributed by atoms with Crippen molar-refractivity contribution in [2.45, 2.75) is 51.0 Å². The number of aliphatic carboxylic acids is 1. The van der Waals surface area contributed by atoms with Crippen LogP contribution in [0, 0.1) is 29.0 Å². The zero-order valence-corrected chi connectivity index (χ0v) is 14.2. The number of benzene rings is 1. The fourth-order valence-electron chi connectivity index (χ4n) is 6.00. The van der Waals surface area contributed by atoms with Gasteiger partial charge in [-0.1, -0.05) is 12.1 Å². The van der Waals surface area contributed by atoms with Gasteiger partial charge in [-0.2, -0.15) is 0 Å². The molecule has 5 heteroatoms. The number of carboxylic acids is 1. The number of carbonyl (C=O) groups excluding carboxylic acids is 1. The van der Waals surface area contributed by atoms with Crippen molar-refractivity contribution < 1.29 is 19.1 Å². The molecule has 4 aliphatic carbocycles. The van der Waals surface area contributed by atoms with Gasteiger partial charge in [-0.15, -0.1) is 0 Å². The highest BCUT2D eigenvalue weighted by Crippen LogP contribution is 2.61. The summed E-state index contributed by atoms with van der Waals surface area (Å²) < 4.78 is 13.1. The third-order valence-corrected chi connectivity index (χ3v) is 6.46. The van der Waals surface area contributed by atoms with Gasteiger partial charge in [0.05, 0.1) is 0 Å². The van der Waals surface area contributed by atoms with E-state index in [1.165, 1.54) is 43.5 Å². The number of halogens is 1. The topological polar surface area (TPSA) is 66.4 Å². The fourth-order valence-corrected chi connectivity index (χ4v) is 6.00. The van der Waals surface area contributed by atoms with Gasteiger partial charge in [-0.05, 0) is 79.4 Å². The third-order valence-electron chi connectivity index (χ3n) is 6.46. The predicted octanol–water partition coefficient (Wildman–Crippen LogP) is 3.67. The quantitative estimate of drug-likeness (QED) is 0.855. The van der Waals surface area contributed by atoms with Crippen LogP contribution < -0.4 is 5.32 Å². The van der Waals surface area contributed by atoms with E-state index in [0.29, 0.717) is 12.0 Å². The van der Waals surface area contributed by atoms with Gasteiger partial charge in [-0.25, -0.2) is 9.18 Å². The Hall–Kier alpha value is -1.91. The smallest absolute Gasteiger partial charge is 0.330 e. The molecule has 1 unspecified atom stereocenters. The normalized spacial score (nSPS) is 33.9. The van der Waals surface area contributed by atoms with E-state index in [4.69, 9.17) is 0 Å². The monoisotopic (exact) mass is 345 g/mol. The summed E-state index contributed by atoms with van der Waals surface area (Å²) in [5, 5.41) is 12.1. The SMILES string of the molecule is O=C(CC12CC3CC(CC(C3)C1)C2)NC(C(=O)O)c1ccc(F)cc1. The number of rotatable bonds is 5. The standard InChI is InChI=1S/C20H24FNO3/c21-16-3-1-15(2-4-16)18(19(24)25)22-17(23)11-20-8-12-5-13(9-20)7-14(6-12)10-20/h1-4,12-14,18H,5-11H2,(H,22,23)(H,24,25). The lowest BCUT2D eigenvalue weighted by atomic mass is 9.49. The lowest BCUT2D eigenvalue weighted by molar-refractivity contribution is -0.143. The molecule has 4 bridgehead atoms. The molecule has 4 fully saturated rings. The average molecular weight is 345 g/mol. The van der Waals surface area contributed by atoms with Gasteiger partial charge in [0.15, 0.2) is 6.04 Å². The molecule has 0 heterocycles. The van der Waals surface area contributed by atoms with Crippen LogP contribution in [0.2, 0.25) is 0 Å². The predicted molar refractivity (Wildman–Crippen MR) is 90.1 cm³/mol. The van der Waals surface area contributed by atoms with Gasteiger partial charge < -0.3 is 10.4 Å². The van der Waals surface area contributed by atoms with E-state index in [-0.39, 0.29) is 11.3 Å². The Labute approximate surface area is 146 Å². The van der Waals surface area contributed by atoms with Gasteiger partial charge in [0.2, 0.25) is 5.91 Å². The summed E-state index contributed by atoms with van der Waals surface area (Å²) in [7, 11) is 0. The Morgan fingerprint density at radius 3 is 2.08 bits per heavy atom. The molecule has 0 aliphatic heterocycles. The van der Waals surface area contributed by atoms with E-state index in [9.17, 15) is 19.1 Å². The van der Waals surface area contributed by atoms with Crippen molar-refractivity contribution in [2.24, 2.45) is 23.2 Å². The van der Waals surface area contributed by atoms with Crippen LogP contribution in [0.25, 0.3) is 0 Å². The summed E-state index contributed by atoms with van der Waals surface area (Å²) in [4.78, 5) is 24.2. The Kier molecular flexibility index (Phi) is 4.05. The number of amides is 1. The van der Waals surface area contributed by atoms with Crippen molar-refractivity contribution in [1.29, 1.82) is 0 Å².